The number of nitrogens with two attached hydrogens (primary N) is 1. The molecule has 0 aliphatic heterocycles. The van der Waals surface area contributed by atoms with Gasteiger partial charge in [0, 0.05) is 5.56 Å². The first-order chi connectivity index (χ1) is 6.66. The van der Waals surface area contributed by atoms with Crippen molar-refractivity contribution in [3.8, 4) is 0 Å². The van der Waals surface area contributed by atoms with Crippen molar-refractivity contribution in [1.29, 1.82) is 0 Å². The maximum Gasteiger partial charge on any atom is 0.198 e. The molecule has 0 aromatic carbocycles. The largest absolute Gasteiger partial charge is 0.383 e. The fourth-order valence-electron chi connectivity index (χ4n) is 2.02. The highest BCUT2D eigenvalue weighted by Gasteiger charge is 2.18. The van der Waals surface area contributed by atoms with Crippen LogP contribution in [-0.4, -0.2) is 9.97 Å². The van der Waals surface area contributed by atoms with E-state index in [-0.39, 0.29) is 0 Å². The Kier molecular flexibility index (Phi) is 2.72. The molecule has 0 saturated heterocycles. The summed E-state index contributed by atoms with van der Waals surface area (Å²) in [5.41, 5.74) is 8.19. The number of anilines is 1. The number of nitrogen functional groups attached to an aromatic ring is 1. The summed E-state index contributed by atoms with van der Waals surface area (Å²) in [4.78, 5) is 8.54. The van der Waals surface area contributed by atoms with Crippen LogP contribution >= 0.6 is 15.9 Å². The zero-order valence-corrected chi connectivity index (χ0v) is 9.84. The van der Waals surface area contributed by atoms with Crippen molar-refractivity contribution < 1.29 is 0 Å². The molecule has 0 amide bonds. The topological polar surface area (TPSA) is 51.8 Å². The standard InChI is InChI=1S/C10H14BrN3/c1-6-3-2-4-8-7(5-6)9(12)14-10(11)13-8/h6H,2-5H2,1H3,(H2,12,13,14). The Morgan fingerprint density at radius 3 is 3.00 bits per heavy atom. The van der Waals surface area contributed by atoms with E-state index in [1.807, 2.05) is 0 Å². The van der Waals surface area contributed by atoms with Gasteiger partial charge in [0.05, 0.1) is 5.69 Å². The van der Waals surface area contributed by atoms with E-state index in [9.17, 15) is 0 Å². The number of rotatable bonds is 0. The second kappa shape index (κ2) is 3.85. The first-order valence-electron chi connectivity index (χ1n) is 4.97. The van der Waals surface area contributed by atoms with E-state index < -0.39 is 0 Å². The third-order valence-corrected chi connectivity index (χ3v) is 3.12. The van der Waals surface area contributed by atoms with E-state index in [1.165, 1.54) is 18.4 Å². The molecule has 1 aliphatic carbocycles. The minimum atomic E-state index is 0.614. The lowest BCUT2D eigenvalue weighted by Gasteiger charge is -2.10. The number of aryl methyl sites for hydroxylation is 1. The van der Waals surface area contributed by atoms with Gasteiger partial charge in [-0.1, -0.05) is 13.3 Å². The summed E-state index contributed by atoms with van der Waals surface area (Å²) in [6.45, 7) is 2.26. The van der Waals surface area contributed by atoms with Crippen molar-refractivity contribution >= 4 is 21.7 Å². The molecule has 1 aliphatic rings. The number of fused-ring (bicyclic) bond motifs is 1. The Balaban J connectivity index is 2.45. The van der Waals surface area contributed by atoms with Gasteiger partial charge in [0.1, 0.15) is 5.82 Å². The van der Waals surface area contributed by atoms with Gasteiger partial charge in [0.15, 0.2) is 4.73 Å². The summed E-state index contributed by atoms with van der Waals surface area (Å²) in [6.07, 6.45) is 4.52. The van der Waals surface area contributed by atoms with Gasteiger partial charge in [-0.2, -0.15) is 0 Å². The Morgan fingerprint density at radius 2 is 2.21 bits per heavy atom. The molecule has 1 unspecified atom stereocenters. The van der Waals surface area contributed by atoms with Crippen LogP contribution in [-0.2, 0) is 12.8 Å². The molecular formula is C10H14BrN3. The molecule has 3 nitrogen and oxygen atoms in total. The SMILES string of the molecule is CC1CCCc2nc(Br)nc(N)c2C1. The number of hydrogen-bond donors (Lipinski definition) is 1. The number of halogens is 1. The Labute approximate surface area is 92.3 Å². The molecule has 0 saturated carbocycles. The van der Waals surface area contributed by atoms with E-state index in [2.05, 4.69) is 32.8 Å². The summed E-state index contributed by atoms with van der Waals surface area (Å²) < 4.78 is 0.614. The van der Waals surface area contributed by atoms with Crippen LogP contribution < -0.4 is 5.73 Å². The highest BCUT2D eigenvalue weighted by molar-refractivity contribution is 9.10. The van der Waals surface area contributed by atoms with Crippen molar-refractivity contribution in [2.24, 2.45) is 5.92 Å². The lowest BCUT2D eigenvalue weighted by molar-refractivity contribution is 0.527. The number of aromatic nitrogens is 2. The molecule has 2 N–H and O–H groups in total. The molecule has 14 heavy (non-hydrogen) atoms. The molecule has 4 heteroatoms. The van der Waals surface area contributed by atoms with Crippen molar-refractivity contribution in [3.63, 3.8) is 0 Å². The first kappa shape index (κ1) is 9.90. The molecule has 0 fully saturated rings. The van der Waals surface area contributed by atoms with Crippen molar-refractivity contribution in [2.75, 3.05) is 5.73 Å². The minimum Gasteiger partial charge on any atom is -0.383 e. The second-order valence-corrected chi connectivity index (χ2v) is 4.71. The third kappa shape index (κ3) is 1.90. The highest BCUT2D eigenvalue weighted by Crippen LogP contribution is 2.27. The average molecular weight is 256 g/mol. The summed E-state index contributed by atoms with van der Waals surface area (Å²) >= 11 is 3.28. The Bertz CT molecular complexity index is 351. The van der Waals surface area contributed by atoms with Crippen LogP contribution in [0.1, 0.15) is 31.0 Å². The van der Waals surface area contributed by atoms with Gasteiger partial charge < -0.3 is 5.73 Å². The van der Waals surface area contributed by atoms with Crippen LogP contribution in [0.4, 0.5) is 5.82 Å². The van der Waals surface area contributed by atoms with Gasteiger partial charge in [0.2, 0.25) is 0 Å². The van der Waals surface area contributed by atoms with Gasteiger partial charge in [0.25, 0.3) is 0 Å². The average Bonchev–Trinajstić information content (AvgIpc) is 2.27. The molecular weight excluding hydrogens is 242 g/mol. The normalized spacial score (nSPS) is 21.4. The lowest BCUT2D eigenvalue weighted by atomic mass is 10.0. The Morgan fingerprint density at radius 1 is 1.43 bits per heavy atom. The quantitative estimate of drug-likeness (QED) is 0.572. The zero-order chi connectivity index (χ0) is 10.1. The van der Waals surface area contributed by atoms with Gasteiger partial charge >= 0.3 is 0 Å². The van der Waals surface area contributed by atoms with Crippen LogP contribution in [0.3, 0.4) is 0 Å². The van der Waals surface area contributed by atoms with E-state index in [1.54, 1.807) is 0 Å². The molecule has 0 radical (unpaired) electrons. The predicted molar refractivity (Wildman–Crippen MR) is 60.0 cm³/mol. The van der Waals surface area contributed by atoms with Crippen molar-refractivity contribution in [3.05, 3.63) is 16.0 Å². The van der Waals surface area contributed by atoms with Gasteiger partial charge in [-0.05, 0) is 41.1 Å². The second-order valence-electron chi connectivity index (χ2n) is 4.00. The van der Waals surface area contributed by atoms with Gasteiger partial charge in [-0.3, -0.25) is 0 Å². The molecule has 1 aromatic rings. The highest BCUT2D eigenvalue weighted by atomic mass is 79.9. The van der Waals surface area contributed by atoms with Crippen molar-refractivity contribution in [2.45, 2.75) is 32.6 Å². The Hall–Kier alpha value is -0.640. The van der Waals surface area contributed by atoms with Crippen LogP contribution in [0.15, 0.2) is 4.73 Å². The monoisotopic (exact) mass is 255 g/mol. The van der Waals surface area contributed by atoms with Crippen LogP contribution in [0.2, 0.25) is 0 Å². The summed E-state index contributed by atoms with van der Waals surface area (Å²) in [6, 6.07) is 0. The van der Waals surface area contributed by atoms with Gasteiger partial charge in [-0.25, -0.2) is 9.97 Å². The van der Waals surface area contributed by atoms with E-state index in [0.29, 0.717) is 16.5 Å². The molecule has 2 rings (SSSR count). The maximum atomic E-state index is 5.89. The molecule has 1 atom stereocenters. The molecule has 1 heterocycles. The maximum absolute atomic E-state index is 5.89. The van der Waals surface area contributed by atoms with E-state index in [4.69, 9.17) is 5.73 Å². The first-order valence-corrected chi connectivity index (χ1v) is 5.77. The van der Waals surface area contributed by atoms with Gasteiger partial charge in [-0.15, -0.1) is 0 Å². The number of hydrogen-bond acceptors (Lipinski definition) is 3. The summed E-state index contributed by atoms with van der Waals surface area (Å²) in [5, 5.41) is 0. The van der Waals surface area contributed by atoms with Crippen molar-refractivity contribution in [1.82, 2.24) is 9.97 Å². The summed E-state index contributed by atoms with van der Waals surface area (Å²) in [5.74, 6) is 1.35. The van der Waals surface area contributed by atoms with Crippen LogP contribution in [0.5, 0.6) is 0 Å². The third-order valence-electron chi connectivity index (χ3n) is 2.76. The smallest absolute Gasteiger partial charge is 0.198 e. The summed E-state index contributed by atoms with van der Waals surface area (Å²) in [7, 11) is 0. The van der Waals surface area contributed by atoms with E-state index in [0.717, 1.165) is 18.5 Å². The predicted octanol–water partition coefficient (Wildman–Crippen LogP) is 2.34. The fourth-order valence-corrected chi connectivity index (χ4v) is 2.42. The lowest BCUT2D eigenvalue weighted by Crippen LogP contribution is -2.07. The zero-order valence-electron chi connectivity index (χ0n) is 8.26. The minimum absolute atomic E-state index is 0.614. The van der Waals surface area contributed by atoms with E-state index >= 15 is 0 Å². The number of nitrogens with zero attached hydrogens (tertiary/aromatic N) is 2. The molecule has 76 valence electrons. The van der Waals surface area contributed by atoms with Crippen LogP contribution in [0, 0.1) is 5.92 Å². The molecule has 0 bridgehead atoms. The van der Waals surface area contributed by atoms with Crippen LogP contribution in [0.25, 0.3) is 0 Å². The molecule has 1 aromatic heterocycles. The molecule has 0 spiro atoms. The fraction of sp³-hybridized carbons (Fsp3) is 0.600.